The van der Waals surface area contributed by atoms with Crippen LogP contribution in [-0.2, 0) is 12.7 Å². The van der Waals surface area contributed by atoms with Crippen LogP contribution in [-0.4, -0.2) is 4.57 Å². The van der Waals surface area contributed by atoms with E-state index in [1.54, 1.807) is 42.5 Å². The van der Waals surface area contributed by atoms with E-state index in [1.807, 2.05) is 13.0 Å². The van der Waals surface area contributed by atoms with Crippen molar-refractivity contribution >= 4 is 21.6 Å². The maximum Gasteiger partial charge on any atom is 0.407 e. The smallest absolute Gasteiger partial charge is 0.313 e. The normalized spacial score (nSPS) is 11.3. The molecule has 3 nitrogen and oxygen atoms in total. The molecule has 142 valence electrons. The lowest BCUT2D eigenvalue weighted by molar-refractivity contribution is -0.136. The Morgan fingerprint density at radius 1 is 1.11 bits per heavy atom. The fourth-order valence-corrected chi connectivity index (χ4v) is 3.20. The van der Waals surface area contributed by atoms with Gasteiger partial charge in [0.1, 0.15) is 0 Å². The number of nitrogens with zero attached hydrogens (tertiary/aromatic N) is 2. The Morgan fingerprint density at radius 3 is 2.36 bits per heavy atom. The maximum absolute atomic E-state index is 13.5. The van der Waals surface area contributed by atoms with Gasteiger partial charge in [-0.2, -0.15) is 13.2 Å². The number of aromatic nitrogens is 1. The Morgan fingerprint density at radius 2 is 1.79 bits per heavy atom. The summed E-state index contributed by atoms with van der Waals surface area (Å²) in [4.78, 5) is 15.8. The second-order valence-electron chi connectivity index (χ2n) is 6.29. The molecule has 1 aromatic heterocycles. The number of pyridine rings is 1. The molecular weight excluding hydrogens is 433 g/mol. The van der Waals surface area contributed by atoms with Gasteiger partial charge in [0.15, 0.2) is 0 Å². The fraction of sp³-hybridized carbons (Fsp3) is 0.143. The van der Waals surface area contributed by atoms with Crippen LogP contribution in [0.25, 0.3) is 16.1 Å². The average molecular weight is 447 g/mol. The highest BCUT2D eigenvalue weighted by molar-refractivity contribution is 9.10. The lowest BCUT2D eigenvalue weighted by atomic mass is 10.0. The average Bonchev–Trinajstić information content (AvgIpc) is 2.63. The number of halogens is 4. The van der Waals surface area contributed by atoms with E-state index < -0.39 is 23.0 Å². The molecule has 0 aliphatic carbocycles. The molecule has 0 saturated carbocycles. The minimum atomic E-state index is -4.80. The quantitative estimate of drug-likeness (QED) is 0.439. The third-order valence-corrected chi connectivity index (χ3v) is 4.79. The van der Waals surface area contributed by atoms with Gasteiger partial charge in [0.2, 0.25) is 0 Å². The molecule has 0 aliphatic rings. The zero-order chi connectivity index (χ0) is 20.5. The van der Waals surface area contributed by atoms with Crippen LogP contribution in [0.4, 0.5) is 18.9 Å². The van der Waals surface area contributed by atoms with Crippen LogP contribution in [0.2, 0.25) is 0 Å². The van der Waals surface area contributed by atoms with Gasteiger partial charge in [-0.15, -0.1) is 0 Å². The van der Waals surface area contributed by atoms with Crippen LogP contribution in [0.1, 0.15) is 16.7 Å². The molecule has 2 aromatic carbocycles. The molecule has 3 aromatic rings. The van der Waals surface area contributed by atoms with E-state index in [1.165, 1.54) is 4.57 Å². The third kappa shape index (κ3) is 4.02. The third-order valence-electron chi connectivity index (χ3n) is 4.26. The highest BCUT2D eigenvalue weighted by Crippen LogP contribution is 2.37. The van der Waals surface area contributed by atoms with Gasteiger partial charge in [0.05, 0.1) is 12.1 Å². The first-order chi connectivity index (χ1) is 13.2. The minimum Gasteiger partial charge on any atom is -0.313 e. The minimum absolute atomic E-state index is 0.0516. The van der Waals surface area contributed by atoms with E-state index >= 15 is 0 Å². The number of hydrogen-bond donors (Lipinski definition) is 0. The summed E-state index contributed by atoms with van der Waals surface area (Å²) in [6.07, 6.45) is -4.80. The summed E-state index contributed by atoms with van der Waals surface area (Å²) in [6.45, 7) is 8.99. The standard InChI is InChI=1S/C21H14BrF3N2O/c1-13-4-3-5-15(10-13)18-11-17(21(23,24)25)19(26-2)20(28)27(18)12-14-6-8-16(22)9-7-14/h3-11H,12H2,1H3. The summed E-state index contributed by atoms with van der Waals surface area (Å²) in [5, 5.41) is 0. The van der Waals surface area contributed by atoms with Gasteiger partial charge < -0.3 is 4.57 Å². The molecule has 0 atom stereocenters. The van der Waals surface area contributed by atoms with Crippen LogP contribution in [0.3, 0.4) is 0 Å². The summed E-state index contributed by atoms with van der Waals surface area (Å²) >= 11 is 3.33. The molecule has 3 rings (SSSR count). The molecule has 0 N–H and O–H groups in total. The first-order valence-corrected chi connectivity index (χ1v) is 9.04. The van der Waals surface area contributed by atoms with E-state index in [9.17, 15) is 18.0 Å². The molecule has 0 radical (unpaired) electrons. The molecule has 28 heavy (non-hydrogen) atoms. The molecule has 0 spiro atoms. The van der Waals surface area contributed by atoms with Crippen LogP contribution >= 0.6 is 15.9 Å². The van der Waals surface area contributed by atoms with Crippen LogP contribution in [0.5, 0.6) is 0 Å². The van der Waals surface area contributed by atoms with Crippen molar-refractivity contribution in [3.63, 3.8) is 0 Å². The van der Waals surface area contributed by atoms with Gasteiger partial charge >= 0.3 is 6.18 Å². The van der Waals surface area contributed by atoms with E-state index in [0.29, 0.717) is 5.56 Å². The molecule has 0 saturated heterocycles. The number of aryl methyl sites for hydroxylation is 1. The Kier molecular flexibility index (Phi) is 5.43. The van der Waals surface area contributed by atoms with Crippen LogP contribution in [0, 0.1) is 13.5 Å². The summed E-state index contributed by atoms with van der Waals surface area (Å²) in [5.74, 6) is 0. The summed E-state index contributed by atoms with van der Waals surface area (Å²) in [5.41, 5.74) is -0.897. The highest BCUT2D eigenvalue weighted by atomic mass is 79.9. The summed E-state index contributed by atoms with van der Waals surface area (Å²) in [6, 6.07) is 14.9. The number of benzene rings is 2. The second kappa shape index (κ2) is 7.64. The van der Waals surface area contributed by atoms with Crippen molar-refractivity contribution in [3.05, 3.63) is 97.5 Å². The lowest BCUT2D eigenvalue weighted by Gasteiger charge is -2.18. The molecule has 0 fully saturated rings. The van der Waals surface area contributed by atoms with Crippen molar-refractivity contribution in [2.75, 3.05) is 0 Å². The van der Waals surface area contributed by atoms with E-state index in [-0.39, 0.29) is 12.2 Å². The Balaban J connectivity index is 2.31. The molecule has 0 bridgehead atoms. The zero-order valence-corrected chi connectivity index (χ0v) is 16.3. The van der Waals surface area contributed by atoms with Crippen LogP contribution in [0.15, 0.2) is 63.9 Å². The Labute approximate surface area is 168 Å². The summed E-state index contributed by atoms with van der Waals surface area (Å²) < 4.78 is 42.6. The molecule has 7 heteroatoms. The fourth-order valence-electron chi connectivity index (χ4n) is 2.93. The number of hydrogen-bond acceptors (Lipinski definition) is 1. The van der Waals surface area contributed by atoms with Crippen molar-refractivity contribution in [1.82, 2.24) is 4.57 Å². The van der Waals surface area contributed by atoms with Gasteiger partial charge in [0, 0.05) is 16.7 Å². The highest BCUT2D eigenvalue weighted by Gasteiger charge is 2.36. The SMILES string of the molecule is [C-]#[N+]c1c(C(F)(F)F)cc(-c2cccc(C)c2)n(Cc2ccc(Br)cc2)c1=O. The number of rotatable bonds is 3. The zero-order valence-electron chi connectivity index (χ0n) is 14.7. The van der Waals surface area contributed by atoms with Gasteiger partial charge in [0.25, 0.3) is 11.2 Å². The van der Waals surface area contributed by atoms with Crippen LogP contribution < -0.4 is 5.56 Å². The van der Waals surface area contributed by atoms with Gasteiger partial charge in [-0.3, -0.25) is 4.79 Å². The Bertz CT molecular complexity index is 1130. The predicted molar refractivity (Wildman–Crippen MR) is 105 cm³/mol. The maximum atomic E-state index is 13.5. The first-order valence-electron chi connectivity index (χ1n) is 8.24. The molecular formula is C21H14BrF3N2O. The first kappa shape index (κ1) is 19.9. The van der Waals surface area contributed by atoms with E-state index in [0.717, 1.165) is 21.7 Å². The van der Waals surface area contributed by atoms with Crippen molar-refractivity contribution in [1.29, 1.82) is 0 Å². The van der Waals surface area contributed by atoms with Gasteiger partial charge in [-0.25, -0.2) is 4.85 Å². The molecule has 0 aliphatic heterocycles. The van der Waals surface area contributed by atoms with Crippen molar-refractivity contribution < 1.29 is 13.2 Å². The molecule has 0 amide bonds. The van der Waals surface area contributed by atoms with Crippen molar-refractivity contribution in [3.8, 4) is 11.3 Å². The van der Waals surface area contributed by atoms with E-state index in [2.05, 4.69) is 20.8 Å². The second-order valence-corrected chi connectivity index (χ2v) is 7.20. The van der Waals surface area contributed by atoms with Gasteiger partial charge in [-0.05, 0) is 42.3 Å². The topological polar surface area (TPSA) is 26.4 Å². The van der Waals surface area contributed by atoms with Gasteiger partial charge in [-0.1, -0.05) is 51.8 Å². The predicted octanol–water partition coefficient (Wildman–Crippen LogP) is 6.20. The number of alkyl halides is 3. The monoisotopic (exact) mass is 446 g/mol. The van der Waals surface area contributed by atoms with Crippen molar-refractivity contribution in [2.24, 2.45) is 0 Å². The Hall–Kier alpha value is -2.85. The largest absolute Gasteiger partial charge is 0.407 e. The van der Waals surface area contributed by atoms with Crippen molar-refractivity contribution in [2.45, 2.75) is 19.6 Å². The molecule has 0 unspecified atom stereocenters. The molecule has 1 heterocycles. The lowest BCUT2D eigenvalue weighted by Crippen LogP contribution is -2.25. The van der Waals surface area contributed by atoms with E-state index in [4.69, 9.17) is 6.57 Å². The summed E-state index contributed by atoms with van der Waals surface area (Å²) in [7, 11) is 0.